The Labute approximate surface area is 74.0 Å². The van der Waals surface area contributed by atoms with Gasteiger partial charge in [0.25, 0.3) is 0 Å². The molecule has 0 aliphatic heterocycles. The number of nitrogen functional groups attached to an aromatic ring is 1. The molecule has 1 aromatic heterocycles. The van der Waals surface area contributed by atoms with Gasteiger partial charge in [-0.3, -0.25) is 0 Å². The van der Waals surface area contributed by atoms with Gasteiger partial charge in [0.2, 0.25) is 0 Å². The Hall–Kier alpha value is -1.29. The van der Waals surface area contributed by atoms with Crippen LogP contribution in [0.4, 0.5) is 5.69 Å². The molecule has 1 heterocycles. The Morgan fingerprint density at radius 3 is 2.75 bits per heavy atom. The minimum absolute atomic E-state index is 0.0133. The molecule has 1 aromatic rings. The number of carboxylic acid groups (broad SMARTS) is 1. The molecule has 0 amide bonds. The van der Waals surface area contributed by atoms with Gasteiger partial charge in [-0.15, -0.1) is 0 Å². The molecule has 0 atom stereocenters. The van der Waals surface area contributed by atoms with E-state index in [9.17, 15) is 4.79 Å². The highest BCUT2D eigenvalue weighted by molar-refractivity contribution is 6.29. The summed E-state index contributed by atoms with van der Waals surface area (Å²) in [5.74, 6) is -1.09. The summed E-state index contributed by atoms with van der Waals surface area (Å²) < 4.78 is 0. The first-order valence-electron chi connectivity index (χ1n) is 3.18. The molecule has 0 saturated carbocycles. The lowest BCUT2D eigenvalue weighted by Crippen LogP contribution is -2.06. The van der Waals surface area contributed by atoms with Crippen LogP contribution in [0.25, 0.3) is 0 Å². The molecule has 64 valence electrons. The van der Waals surface area contributed by atoms with Crippen molar-refractivity contribution in [3.8, 4) is 0 Å². The second-order valence-corrected chi connectivity index (χ2v) is 2.69. The minimum atomic E-state index is -1.09. The first-order valence-corrected chi connectivity index (χ1v) is 3.56. The summed E-state index contributed by atoms with van der Waals surface area (Å²) in [5.41, 5.74) is 5.90. The fraction of sp³-hybridized carbons (Fsp3) is 0.143. The van der Waals surface area contributed by atoms with Crippen LogP contribution in [0.1, 0.15) is 16.1 Å². The molecule has 0 aliphatic rings. The molecule has 0 bridgehead atoms. The molecule has 4 nitrogen and oxygen atoms in total. The van der Waals surface area contributed by atoms with Gasteiger partial charge in [0.05, 0.1) is 11.4 Å². The molecule has 12 heavy (non-hydrogen) atoms. The first kappa shape index (κ1) is 8.80. The number of carbonyl (C=O) groups is 1. The van der Waals surface area contributed by atoms with Crippen LogP contribution < -0.4 is 5.73 Å². The average molecular weight is 187 g/mol. The Morgan fingerprint density at radius 1 is 1.75 bits per heavy atom. The predicted molar refractivity (Wildman–Crippen MR) is 45.4 cm³/mol. The Bertz CT molecular complexity index is 315. The van der Waals surface area contributed by atoms with Crippen molar-refractivity contribution in [3.63, 3.8) is 0 Å². The van der Waals surface area contributed by atoms with Crippen LogP contribution in [-0.2, 0) is 0 Å². The van der Waals surface area contributed by atoms with Crippen molar-refractivity contribution >= 4 is 23.3 Å². The van der Waals surface area contributed by atoms with E-state index in [2.05, 4.69) is 4.98 Å². The van der Waals surface area contributed by atoms with Crippen LogP contribution in [0.3, 0.4) is 0 Å². The smallest absolute Gasteiger partial charge is 0.339 e. The van der Waals surface area contributed by atoms with Crippen molar-refractivity contribution in [2.24, 2.45) is 0 Å². The molecule has 0 saturated heterocycles. The highest BCUT2D eigenvalue weighted by atomic mass is 35.5. The van der Waals surface area contributed by atoms with Gasteiger partial charge in [-0.2, -0.15) is 0 Å². The van der Waals surface area contributed by atoms with E-state index in [4.69, 9.17) is 22.4 Å². The molecular weight excluding hydrogens is 180 g/mol. The van der Waals surface area contributed by atoms with Crippen LogP contribution >= 0.6 is 11.6 Å². The van der Waals surface area contributed by atoms with Crippen LogP contribution in [-0.4, -0.2) is 16.1 Å². The highest BCUT2D eigenvalue weighted by Gasteiger charge is 2.12. The molecule has 1 rings (SSSR count). The fourth-order valence-electron chi connectivity index (χ4n) is 0.936. The largest absolute Gasteiger partial charge is 0.478 e. The Morgan fingerprint density at radius 2 is 2.33 bits per heavy atom. The molecule has 0 fully saturated rings. The third kappa shape index (κ3) is 1.48. The summed E-state index contributed by atoms with van der Waals surface area (Å²) in [6.45, 7) is 1.55. The number of rotatable bonds is 1. The zero-order valence-electron chi connectivity index (χ0n) is 6.34. The standard InChI is InChI=1S/C7H7ClN2O2/c1-3-6(7(11)12)4(9)2-5(8)10-3/h2H,1H3,(H2,9,10)(H,11,12). The SMILES string of the molecule is Cc1nc(Cl)cc(N)c1C(=O)O. The van der Waals surface area contributed by atoms with E-state index >= 15 is 0 Å². The fourth-order valence-corrected chi connectivity index (χ4v) is 1.18. The third-order valence-electron chi connectivity index (χ3n) is 1.41. The van der Waals surface area contributed by atoms with Gasteiger partial charge in [-0.05, 0) is 13.0 Å². The Balaban J connectivity index is 3.38. The number of anilines is 1. The molecule has 5 heteroatoms. The number of carboxylic acids is 1. The minimum Gasteiger partial charge on any atom is -0.478 e. The maximum atomic E-state index is 10.6. The lowest BCUT2D eigenvalue weighted by atomic mass is 10.2. The van der Waals surface area contributed by atoms with E-state index in [1.54, 1.807) is 6.92 Å². The second-order valence-electron chi connectivity index (χ2n) is 2.30. The van der Waals surface area contributed by atoms with Gasteiger partial charge in [0.1, 0.15) is 10.7 Å². The lowest BCUT2D eigenvalue weighted by molar-refractivity contribution is 0.0697. The van der Waals surface area contributed by atoms with E-state index in [-0.39, 0.29) is 16.4 Å². The number of hydrogen-bond acceptors (Lipinski definition) is 3. The predicted octanol–water partition coefficient (Wildman–Crippen LogP) is 1.32. The van der Waals surface area contributed by atoms with Gasteiger partial charge in [0, 0.05) is 0 Å². The van der Waals surface area contributed by atoms with Crippen LogP contribution in [0.15, 0.2) is 6.07 Å². The molecule has 0 radical (unpaired) electrons. The molecule has 0 aromatic carbocycles. The van der Waals surface area contributed by atoms with Gasteiger partial charge in [-0.1, -0.05) is 11.6 Å². The maximum Gasteiger partial charge on any atom is 0.339 e. The van der Waals surface area contributed by atoms with E-state index in [1.807, 2.05) is 0 Å². The summed E-state index contributed by atoms with van der Waals surface area (Å²) >= 11 is 5.54. The van der Waals surface area contributed by atoms with Gasteiger partial charge in [0.15, 0.2) is 0 Å². The molecule has 0 unspecified atom stereocenters. The molecule has 0 aliphatic carbocycles. The van der Waals surface area contributed by atoms with Crippen molar-refractivity contribution in [2.45, 2.75) is 6.92 Å². The van der Waals surface area contributed by atoms with Gasteiger partial charge < -0.3 is 10.8 Å². The van der Waals surface area contributed by atoms with E-state index in [1.165, 1.54) is 6.07 Å². The number of nitrogens with zero attached hydrogens (tertiary/aromatic N) is 1. The van der Waals surface area contributed by atoms with E-state index in [0.717, 1.165) is 0 Å². The number of aryl methyl sites for hydroxylation is 1. The van der Waals surface area contributed by atoms with Gasteiger partial charge in [-0.25, -0.2) is 9.78 Å². The normalized spacial score (nSPS) is 9.83. The van der Waals surface area contributed by atoms with Gasteiger partial charge >= 0.3 is 5.97 Å². The van der Waals surface area contributed by atoms with Crippen molar-refractivity contribution < 1.29 is 9.90 Å². The number of halogens is 1. The number of pyridine rings is 1. The van der Waals surface area contributed by atoms with E-state index < -0.39 is 5.97 Å². The third-order valence-corrected chi connectivity index (χ3v) is 1.61. The summed E-state index contributed by atoms with van der Waals surface area (Å²) in [4.78, 5) is 14.4. The molecule has 3 N–H and O–H groups in total. The Kier molecular flexibility index (Phi) is 2.19. The molecule has 0 spiro atoms. The number of hydrogen-bond donors (Lipinski definition) is 2. The van der Waals surface area contributed by atoms with Crippen molar-refractivity contribution in [2.75, 3.05) is 5.73 Å². The van der Waals surface area contributed by atoms with E-state index in [0.29, 0.717) is 5.69 Å². The molecular formula is C7H7ClN2O2. The summed E-state index contributed by atoms with van der Waals surface area (Å²) in [6, 6.07) is 1.32. The van der Waals surface area contributed by atoms with Crippen LogP contribution in [0.5, 0.6) is 0 Å². The monoisotopic (exact) mass is 186 g/mol. The highest BCUT2D eigenvalue weighted by Crippen LogP contribution is 2.18. The van der Waals surface area contributed by atoms with Crippen molar-refractivity contribution in [1.29, 1.82) is 0 Å². The summed E-state index contributed by atoms with van der Waals surface area (Å²) in [5, 5.41) is 8.88. The summed E-state index contributed by atoms with van der Waals surface area (Å²) in [6.07, 6.45) is 0. The van der Waals surface area contributed by atoms with Crippen LogP contribution in [0, 0.1) is 6.92 Å². The number of nitrogens with two attached hydrogens (primary N) is 1. The lowest BCUT2D eigenvalue weighted by Gasteiger charge is -2.03. The zero-order chi connectivity index (χ0) is 9.30. The topological polar surface area (TPSA) is 76.2 Å². The van der Waals surface area contributed by atoms with Crippen molar-refractivity contribution in [1.82, 2.24) is 4.98 Å². The summed E-state index contributed by atoms with van der Waals surface area (Å²) in [7, 11) is 0. The average Bonchev–Trinajstić information content (AvgIpc) is 1.82. The van der Waals surface area contributed by atoms with Crippen molar-refractivity contribution in [3.05, 3.63) is 22.5 Å². The number of aromatic carboxylic acids is 1. The zero-order valence-corrected chi connectivity index (χ0v) is 7.09. The number of aromatic nitrogens is 1. The van der Waals surface area contributed by atoms with Crippen LogP contribution in [0.2, 0.25) is 5.15 Å². The maximum absolute atomic E-state index is 10.6. The second kappa shape index (κ2) is 2.98. The first-order chi connectivity index (χ1) is 5.52. The quantitative estimate of drug-likeness (QED) is 0.649.